The smallest absolute Gasteiger partial charge is 0.276 e. The van der Waals surface area contributed by atoms with Crippen LogP contribution in [0.3, 0.4) is 0 Å². The summed E-state index contributed by atoms with van der Waals surface area (Å²) in [6.07, 6.45) is 5.09. The van der Waals surface area contributed by atoms with E-state index in [1.54, 1.807) is 6.20 Å². The minimum atomic E-state index is -0.210. The van der Waals surface area contributed by atoms with Crippen molar-refractivity contribution in [2.75, 3.05) is 5.32 Å². The summed E-state index contributed by atoms with van der Waals surface area (Å²) in [5.41, 5.74) is 2.92. The van der Waals surface area contributed by atoms with Crippen LogP contribution in [0.5, 0.6) is 0 Å². The largest absolute Gasteiger partial charge is 0.319 e. The lowest BCUT2D eigenvalue weighted by Gasteiger charge is -2.06. The summed E-state index contributed by atoms with van der Waals surface area (Å²) >= 11 is 0. The van der Waals surface area contributed by atoms with Crippen molar-refractivity contribution < 1.29 is 4.79 Å². The van der Waals surface area contributed by atoms with Gasteiger partial charge in [0.2, 0.25) is 0 Å². The fourth-order valence-electron chi connectivity index (χ4n) is 3.36. The molecule has 4 aromatic rings. The number of benzene rings is 2. The second-order valence-electron chi connectivity index (χ2n) is 6.63. The molecule has 0 atom stereocenters. The molecule has 0 aliphatic rings. The highest BCUT2D eigenvalue weighted by Crippen LogP contribution is 2.24. The quantitative estimate of drug-likeness (QED) is 0.492. The van der Waals surface area contributed by atoms with E-state index < -0.39 is 0 Å². The molecule has 27 heavy (non-hydrogen) atoms. The summed E-state index contributed by atoms with van der Waals surface area (Å²) in [5.74, 6) is -0.210. The highest BCUT2D eigenvalue weighted by atomic mass is 16.2. The number of rotatable bonds is 6. The van der Waals surface area contributed by atoms with Crippen molar-refractivity contribution in [1.29, 1.82) is 0 Å². The maximum Gasteiger partial charge on any atom is 0.276 e. The van der Waals surface area contributed by atoms with Crippen LogP contribution in [-0.2, 0) is 6.54 Å². The van der Waals surface area contributed by atoms with Crippen molar-refractivity contribution in [3.63, 3.8) is 0 Å². The first-order valence-electron chi connectivity index (χ1n) is 9.38. The third-order valence-electron chi connectivity index (χ3n) is 4.73. The molecule has 1 amide bonds. The predicted molar refractivity (Wildman–Crippen MR) is 109 cm³/mol. The van der Waals surface area contributed by atoms with E-state index in [2.05, 4.69) is 22.3 Å². The van der Waals surface area contributed by atoms with Gasteiger partial charge in [0.05, 0.1) is 16.7 Å². The minimum absolute atomic E-state index is 0.210. The number of nitrogens with zero attached hydrogens (tertiary/aromatic N) is 3. The fourth-order valence-corrected chi connectivity index (χ4v) is 3.36. The monoisotopic (exact) mass is 358 g/mol. The number of aromatic nitrogens is 3. The molecule has 2 aromatic heterocycles. The Labute approximate surface area is 158 Å². The van der Waals surface area contributed by atoms with Crippen molar-refractivity contribution in [2.24, 2.45) is 0 Å². The number of carbonyl (C=O) groups excluding carboxylic acids is 1. The Morgan fingerprint density at radius 1 is 1.04 bits per heavy atom. The molecule has 0 saturated heterocycles. The standard InChI is InChI=1S/C22H22N4O/c1-2-3-6-15-26-19-13-5-4-11-17(19)21(25-26)22(27)24-18-12-7-9-16-10-8-14-23-20(16)18/h4-5,7-14H,2-3,6,15H2,1H3,(H,24,27). The van der Waals surface area contributed by atoms with Gasteiger partial charge in [-0.05, 0) is 24.6 Å². The lowest BCUT2D eigenvalue weighted by atomic mass is 10.1. The Bertz CT molecular complexity index is 1090. The summed E-state index contributed by atoms with van der Waals surface area (Å²) in [4.78, 5) is 17.4. The molecule has 136 valence electrons. The van der Waals surface area contributed by atoms with Gasteiger partial charge in [-0.1, -0.05) is 56.2 Å². The van der Waals surface area contributed by atoms with Crippen molar-refractivity contribution in [1.82, 2.24) is 14.8 Å². The van der Waals surface area contributed by atoms with E-state index in [1.807, 2.05) is 59.3 Å². The molecule has 4 rings (SSSR count). The van der Waals surface area contributed by atoms with Gasteiger partial charge in [0.1, 0.15) is 0 Å². The van der Waals surface area contributed by atoms with E-state index >= 15 is 0 Å². The number of amides is 1. The molecule has 0 unspecified atom stereocenters. The zero-order chi connectivity index (χ0) is 18.6. The Kier molecular flexibility index (Phi) is 4.83. The Morgan fingerprint density at radius 3 is 2.78 bits per heavy atom. The molecule has 0 bridgehead atoms. The molecular weight excluding hydrogens is 336 g/mol. The van der Waals surface area contributed by atoms with Crippen LogP contribution in [0.4, 0.5) is 5.69 Å². The van der Waals surface area contributed by atoms with Crippen LogP contribution in [0.1, 0.15) is 36.7 Å². The normalized spacial score (nSPS) is 11.1. The van der Waals surface area contributed by atoms with Crippen molar-refractivity contribution in [2.45, 2.75) is 32.7 Å². The number of nitrogens with one attached hydrogen (secondary N) is 1. The molecule has 0 saturated carbocycles. The van der Waals surface area contributed by atoms with E-state index in [9.17, 15) is 4.79 Å². The van der Waals surface area contributed by atoms with Crippen molar-refractivity contribution in [3.8, 4) is 0 Å². The number of unbranched alkanes of at least 4 members (excludes halogenated alkanes) is 2. The molecule has 2 aromatic carbocycles. The Balaban J connectivity index is 1.68. The number of aryl methyl sites for hydroxylation is 1. The number of hydrogen-bond acceptors (Lipinski definition) is 3. The summed E-state index contributed by atoms with van der Waals surface area (Å²) in [6, 6.07) is 17.5. The topological polar surface area (TPSA) is 59.8 Å². The number of anilines is 1. The molecule has 0 spiro atoms. The zero-order valence-electron chi connectivity index (χ0n) is 15.4. The fraction of sp³-hybridized carbons (Fsp3) is 0.227. The van der Waals surface area contributed by atoms with Crippen LogP contribution in [0.2, 0.25) is 0 Å². The molecule has 0 aliphatic heterocycles. The molecule has 0 fully saturated rings. The number of pyridine rings is 1. The first-order valence-corrected chi connectivity index (χ1v) is 9.38. The second kappa shape index (κ2) is 7.58. The van der Waals surface area contributed by atoms with Gasteiger partial charge in [-0.15, -0.1) is 0 Å². The third-order valence-corrected chi connectivity index (χ3v) is 4.73. The first kappa shape index (κ1) is 17.2. The van der Waals surface area contributed by atoms with Gasteiger partial charge in [-0.25, -0.2) is 0 Å². The number of hydrogen-bond donors (Lipinski definition) is 1. The van der Waals surface area contributed by atoms with Gasteiger partial charge in [0, 0.05) is 23.5 Å². The van der Waals surface area contributed by atoms with Gasteiger partial charge in [0.25, 0.3) is 5.91 Å². The molecule has 0 aliphatic carbocycles. The SMILES string of the molecule is CCCCCn1nc(C(=O)Nc2cccc3cccnc23)c2ccccc21. The van der Waals surface area contributed by atoms with Crippen LogP contribution in [-0.4, -0.2) is 20.7 Å². The second-order valence-corrected chi connectivity index (χ2v) is 6.63. The summed E-state index contributed by atoms with van der Waals surface area (Å²) in [7, 11) is 0. The summed E-state index contributed by atoms with van der Waals surface area (Å²) in [6.45, 7) is 3.00. The van der Waals surface area contributed by atoms with Gasteiger partial charge in [-0.3, -0.25) is 14.5 Å². The van der Waals surface area contributed by atoms with E-state index in [-0.39, 0.29) is 5.91 Å². The zero-order valence-corrected chi connectivity index (χ0v) is 15.4. The molecule has 5 heteroatoms. The van der Waals surface area contributed by atoms with Crippen LogP contribution < -0.4 is 5.32 Å². The van der Waals surface area contributed by atoms with E-state index in [0.717, 1.165) is 47.6 Å². The predicted octanol–water partition coefficient (Wildman–Crippen LogP) is 5.03. The number of carbonyl (C=O) groups is 1. The summed E-state index contributed by atoms with van der Waals surface area (Å²) in [5, 5.41) is 9.48. The Hall–Kier alpha value is -3.21. The van der Waals surface area contributed by atoms with Gasteiger partial charge >= 0.3 is 0 Å². The lowest BCUT2D eigenvalue weighted by molar-refractivity contribution is 0.102. The van der Waals surface area contributed by atoms with Crippen LogP contribution >= 0.6 is 0 Å². The molecular formula is C22H22N4O. The molecule has 2 heterocycles. The number of para-hydroxylation sites is 2. The maximum atomic E-state index is 13.0. The van der Waals surface area contributed by atoms with Crippen LogP contribution in [0.15, 0.2) is 60.8 Å². The van der Waals surface area contributed by atoms with Gasteiger partial charge in [-0.2, -0.15) is 5.10 Å². The van der Waals surface area contributed by atoms with E-state index in [4.69, 9.17) is 0 Å². The van der Waals surface area contributed by atoms with Crippen molar-refractivity contribution in [3.05, 3.63) is 66.5 Å². The molecule has 5 nitrogen and oxygen atoms in total. The average molecular weight is 358 g/mol. The summed E-state index contributed by atoms with van der Waals surface area (Å²) < 4.78 is 1.95. The highest BCUT2D eigenvalue weighted by molar-refractivity contribution is 6.13. The lowest BCUT2D eigenvalue weighted by Crippen LogP contribution is -2.14. The van der Waals surface area contributed by atoms with Gasteiger partial charge in [0.15, 0.2) is 5.69 Å². The van der Waals surface area contributed by atoms with Gasteiger partial charge < -0.3 is 5.32 Å². The third kappa shape index (κ3) is 3.40. The molecule has 0 radical (unpaired) electrons. The Morgan fingerprint density at radius 2 is 1.89 bits per heavy atom. The van der Waals surface area contributed by atoms with E-state index in [1.165, 1.54) is 0 Å². The van der Waals surface area contributed by atoms with Crippen molar-refractivity contribution >= 4 is 33.4 Å². The van der Waals surface area contributed by atoms with E-state index in [0.29, 0.717) is 11.4 Å². The first-order chi connectivity index (χ1) is 13.3. The number of fused-ring (bicyclic) bond motifs is 2. The highest BCUT2D eigenvalue weighted by Gasteiger charge is 2.18. The van der Waals surface area contributed by atoms with Crippen LogP contribution in [0, 0.1) is 0 Å². The maximum absolute atomic E-state index is 13.0. The van der Waals surface area contributed by atoms with Crippen LogP contribution in [0.25, 0.3) is 21.8 Å². The average Bonchev–Trinajstić information content (AvgIpc) is 3.08. The molecule has 1 N–H and O–H groups in total. The minimum Gasteiger partial charge on any atom is -0.319 e.